The number of furan rings is 1. The van der Waals surface area contributed by atoms with Gasteiger partial charge in [-0.1, -0.05) is 0 Å². The molecule has 0 amide bonds. The molecule has 6 rings (SSSR count). The molecular weight excluding hydrogens is 508 g/mol. The summed E-state index contributed by atoms with van der Waals surface area (Å²) in [6.07, 6.45) is 5.49. The highest BCUT2D eigenvalue weighted by atomic mass is 35.5. The van der Waals surface area contributed by atoms with E-state index >= 15 is 0 Å². The van der Waals surface area contributed by atoms with Crippen molar-refractivity contribution in [2.45, 2.75) is 30.5 Å². The maximum absolute atomic E-state index is 13.6. The average Bonchev–Trinajstić information content (AvgIpc) is 3.63. The van der Waals surface area contributed by atoms with Crippen molar-refractivity contribution in [1.29, 1.82) is 0 Å². The van der Waals surface area contributed by atoms with Gasteiger partial charge < -0.3 is 13.6 Å². The number of fused-ring (bicyclic) bond motifs is 3. The molecule has 0 saturated heterocycles. The maximum Gasteiger partial charge on any atom is 0.331 e. The second kappa shape index (κ2) is 8.28. The Kier molecular flexibility index (Phi) is 5.31. The first-order valence-electron chi connectivity index (χ1n) is 10.9. The molecule has 180 valence electrons. The number of hydrogen-bond donors (Lipinski definition) is 0. The van der Waals surface area contributed by atoms with Crippen LogP contribution in [-0.4, -0.2) is 33.5 Å². The van der Waals surface area contributed by atoms with E-state index in [-0.39, 0.29) is 21.7 Å². The van der Waals surface area contributed by atoms with Crippen LogP contribution in [0.3, 0.4) is 0 Å². The number of thioether (sulfide) groups is 1. The third-order valence-corrected chi connectivity index (χ3v) is 8.90. The molecule has 0 fully saturated rings. The topological polar surface area (TPSA) is 92.8 Å². The van der Waals surface area contributed by atoms with Gasteiger partial charge in [0.15, 0.2) is 5.22 Å². The lowest BCUT2D eigenvalue weighted by Crippen LogP contribution is -2.37. The minimum atomic E-state index is -0.375. The first-order chi connectivity index (χ1) is 16.8. The monoisotopic (exact) mass is 528 g/mol. The predicted octanol–water partition coefficient (Wildman–Crippen LogP) is 3.82. The predicted molar refractivity (Wildman–Crippen MR) is 137 cm³/mol. The van der Waals surface area contributed by atoms with Gasteiger partial charge in [-0.15, -0.1) is 23.1 Å². The van der Waals surface area contributed by atoms with Crippen molar-refractivity contribution < 1.29 is 4.42 Å². The van der Waals surface area contributed by atoms with E-state index in [4.69, 9.17) is 21.0 Å². The van der Waals surface area contributed by atoms with Crippen molar-refractivity contribution in [3.8, 4) is 10.7 Å². The third kappa shape index (κ3) is 3.52. The van der Waals surface area contributed by atoms with Crippen molar-refractivity contribution in [3.05, 3.63) is 79.4 Å². The van der Waals surface area contributed by atoms with Gasteiger partial charge in [-0.3, -0.25) is 13.9 Å². The lowest BCUT2D eigenvalue weighted by atomic mass is 10.2. The third-order valence-electron chi connectivity index (χ3n) is 6.32. The number of hydrogen-bond acceptors (Lipinski definition) is 7. The first-order valence-corrected chi connectivity index (χ1v) is 13.1. The largest absolute Gasteiger partial charge is 0.448 e. The van der Waals surface area contributed by atoms with Gasteiger partial charge in [0.05, 0.1) is 28.6 Å². The number of aromatic nitrogens is 6. The Morgan fingerprint density at radius 2 is 2.06 bits per heavy atom. The van der Waals surface area contributed by atoms with E-state index in [0.29, 0.717) is 28.4 Å². The van der Waals surface area contributed by atoms with Gasteiger partial charge in [-0.05, 0) is 30.7 Å². The Morgan fingerprint density at radius 3 is 2.71 bits per heavy atom. The summed E-state index contributed by atoms with van der Waals surface area (Å²) in [6, 6.07) is 3.57. The van der Waals surface area contributed by atoms with Gasteiger partial charge in [-0.25, -0.2) is 14.8 Å². The zero-order valence-electron chi connectivity index (χ0n) is 19.1. The fraction of sp³-hybridized carbons (Fsp3) is 0.304. The summed E-state index contributed by atoms with van der Waals surface area (Å²) >= 11 is 9.39. The Bertz CT molecular complexity index is 1690. The van der Waals surface area contributed by atoms with Crippen LogP contribution in [0.2, 0.25) is 5.22 Å². The number of thiazole rings is 1. The van der Waals surface area contributed by atoms with Crippen LogP contribution in [0.15, 0.2) is 50.2 Å². The molecule has 35 heavy (non-hydrogen) atoms. The van der Waals surface area contributed by atoms with Crippen LogP contribution < -0.4 is 11.2 Å². The number of halogens is 1. The molecule has 0 saturated carbocycles. The highest BCUT2D eigenvalue weighted by molar-refractivity contribution is 8.00. The Hall–Kier alpha value is -3.02. The fourth-order valence-electron chi connectivity index (χ4n) is 4.79. The molecule has 0 aromatic carbocycles. The SMILES string of the molecule is Cc1csc(-c2c3c(=O)n(C)c(=O)n(C)c3c3n2CC(Cn2ccnc2)SC3c2ccc(Cl)o2)n1. The fourth-order valence-corrected chi connectivity index (χ4v) is 7.30. The highest BCUT2D eigenvalue weighted by Crippen LogP contribution is 2.49. The molecule has 0 bridgehead atoms. The summed E-state index contributed by atoms with van der Waals surface area (Å²) in [4.78, 5) is 35.5. The van der Waals surface area contributed by atoms with Crippen LogP contribution in [-0.2, 0) is 27.2 Å². The van der Waals surface area contributed by atoms with E-state index in [1.54, 1.807) is 42.0 Å². The minimum Gasteiger partial charge on any atom is -0.448 e. The molecule has 6 heterocycles. The second-order valence-corrected chi connectivity index (χ2v) is 11.2. The standard InChI is InChI=1S/C23H21ClN6O3S2/c1-12-10-34-21(26-12)18-16-17(27(2)23(32)28(3)22(16)31)19-20(14-4-5-15(24)33-14)35-13(9-30(18)19)8-29-7-6-25-11-29/h4-7,10-11,13,20H,8-9H2,1-3H3. The summed E-state index contributed by atoms with van der Waals surface area (Å²) in [5.41, 5.74) is 2.36. The van der Waals surface area contributed by atoms with Crippen LogP contribution in [0.4, 0.5) is 0 Å². The van der Waals surface area contributed by atoms with Crippen molar-refractivity contribution in [2.75, 3.05) is 0 Å². The van der Waals surface area contributed by atoms with Crippen molar-refractivity contribution in [3.63, 3.8) is 0 Å². The maximum atomic E-state index is 13.6. The van der Waals surface area contributed by atoms with E-state index in [9.17, 15) is 9.59 Å². The lowest BCUT2D eigenvalue weighted by molar-refractivity contribution is 0.497. The minimum absolute atomic E-state index is 0.132. The van der Waals surface area contributed by atoms with Crippen LogP contribution in [0, 0.1) is 6.92 Å². The summed E-state index contributed by atoms with van der Waals surface area (Å²) in [5.74, 6) is 0.672. The molecule has 5 aromatic rings. The molecule has 2 atom stereocenters. The number of aryl methyl sites for hydroxylation is 2. The molecule has 0 spiro atoms. The van der Waals surface area contributed by atoms with Gasteiger partial charge in [0, 0.05) is 55.9 Å². The highest BCUT2D eigenvalue weighted by Gasteiger charge is 2.38. The smallest absolute Gasteiger partial charge is 0.331 e. The Morgan fingerprint density at radius 1 is 1.23 bits per heavy atom. The van der Waals surface area contributed by atoms with Gasteiger partial charge >= 0.3 is 5.69 Å². The van der Waals surface area contributed by atoms with E-state index in [2.05, 4.69) is 9.55 Å². The normalized spacial score (nSPS) is 17.8. The van der Waals surface area contributed by atoms with Crippen LogP contribution >= 0.6 is 34.7 Å². The zero-order chi connectivity index (χ0) is 24.4. The molecule has 9 nitrogen and oxygen atoms in total. The van der Waals surface area contributed by atoms with Crippen molar-refractivity contribution >= 4 is 45.6 Å². The molecule has 12 heteroatoms. The van der Waals surface area contributed by atoms with E-state index in [0.717, 1.165) is 33.2 Å². The van der Waals surface area contributed by atoms with Crippen LogP contribution in [0.5, 0.6) is 0 Å². The van der Waals surface area contributed by atoms with E-state index < -0.39 is 0 Å². The molecule has 0 aliphatic carbocycles. The van der Waals surface area contributed by atoms with Crippen LogP contribution in [0.1, 0.15) is 22.4 Å². The average molecular weight is 529 g/mol. The second-order valence-electron chi connectivity index (χ2n) is 8.61. The quantitative estimate of drug-likeness (QED) is 0.352. The Labute approximate surface area is 212 Å². The summed E-state index contributed by atoms with van der Waals surface area (Å²) in [7, 11) is 3.22. The summed E-state index contributed by atoms with van der Waals surface area (Å²) in [5, 5.41) is 3.36. The van der Waals surface area contributed by atoms with Crippen molar-refractivity contribution in [1.82, 2.24) is 28.2 Å². The molecule has 1 aliphatic heterocycles. The van der Waals surface area contributed by atoms with E-state index in [1.165, 1.54) is 18.4 Å². The molecule has 0 N–H and O–H groups in total. The summed E-state index contributed by atoms with van der Waals surface area (Å²) < 4.78 is 12.8. The van der Waals surface area contributed by atoms with E-state index in [1.807, 2.05) is 29.1 Å². The number of rotatable bonds is 4. The summed E-state index contributed by atoms with van der Waals surface area (Å²) in [6.45, 7) is 3.28. The lowest BCUT2D eigenvalue weighted by Gasteiger charge is -2.31. The van der Waals surface area contributed by atoms with Gasteiger partial charge in [0.2, 0.25) is 0 Å². The van der Waals surface area contributed by atoms with Crippen LogP contribution in [0.25, 0.3) is 21.6 Å². The zero-order valence-corrected chi connectivity index (χ0v) is 21.5. The molecular formula is C23H21ClN6O3S2. The van der Waals surface area contributed by atoms with Gasteiger partial charge in [-0.2, -0.15) is 0 Å². The number of nitrogens with zero attached hydrogens (tertiary/aromatic N) is 6. The molecule has 0 radical (unpaired) electrons. The van der Waals surface area contributed by atoms with Gasteiger partial charge in [0.1, 0.15) is 16.0 Å². The van der Waals surface area contributed by atoms with Crippen molar-refractivity contribution in [2.24, 2.45) is 14.1 Å². The first kappa shape index (κ1) is 22.4. The molecule has 2 unspecified atom stereocenters. The Balaban J connectivity index is 1.69. The van der Waals surface area contributed by atoms with Gasteiger partial charge in [0.25, 0.3) is 5.56 Å². The molecule has 5 aromatic heterocycles. The number of imidazole rings is 1. The molecule has 1 aliphatic rings.